The van der Waals surface area contributed by atoms with E-state index in [-0.39, 0.29) is 0 Å². The number of fused-ring (bicyclic) bond motifs is 1. The number of nitrogens with zero attached hydrogens (tertiary/aromatic N) is 3. The molecule has 0 aliphatic carbocycles. The van der Waals surface area contributed by atoms with E-state index in [0.717, 1.165) is 18.4 Å². The first-order valence-electron chi connectivity index (χ1n) is 8.05. The standard InChI is InChI=1S/C16H27N3/c1-3-18-8-5-4-6-15(18)11-14-12-19-9-7-13(2)10-16(19)17-14/h12-13,15H,3-11H2,1-2H3. The Labute approximate surface area is 117 Å². The number of aryl methyl sites for hydroxylation is 1. The zero-order valence-corrected chi connectivity index (χ0v) is 12.4. The smallest absolute Gasteiger partial charge is 0.109 e. The summed E-state index contributed by atoms with van der Waals surface area (Å²) in [7, 11) is 0. The zero-order chi connectivity index (χ0) is 13.2. The largest absolute Gasteiger partial charge is 0.335 e. The Morgan fingerprint density at radius 1 is 1.26 bits per heavy atom. The topological polar surface area (TPSA) is 21.1 Å². The molecular formula is C16H27N3. The van der Waals surface area contributed by atoms with Gasteiger partial charge in [0.15, 0.2) is 0 Å². The normalized spacial score (nSPS) is 28.3. The maximum atomic E-state index is 4.90. The Bertz CT molecular complexity index is 424. The van der Waals surface area contributed by atoms with Gasteiger partial charge in [0, 0.05) is 31.6 Å². The number of aromatic nitrogens is 2. The van der Waals surface area contributed by atoms with Crippen molar-refractivity contribution in [3.63, 3.8) is 0 Å². The predicted octanol–water partition coefficient (Wildman–Crippen LogP) is 2.88. The van der Waals surface area contributed by atoms with E-state index in [0.29, 0.717) is 0 Å². The van der Waals surface area contributed by atoms with E-state index < -0.39 is 0 Å². The molecule has 2 aliphatic heterocycles. The van der Waals surface area contributed by atoms with Crippen molar-refractivity contribution in [2.75, 3.05) is 13.1 Å². The van der Waals surface area contributed by atoms with Crippen molar-refractivity contribution in [2.24, 2.45) is 5.92 Å². The van der Waals surface area contributed by atoms with Crippen molar-refractivity contribution in [3.05, 3.63) is 17.7 Å². The molecule has 1 aromatic rings. The number of rotatable bonds is 3. The summed E-state index contributed by atoms with van der Waals surface area (Å²) in [5.41, 5.74) is 1.33. The summed E-state index contributed by atoms with van der Waals surface area (Å²) in [6.07, 6.45) is 10.1. The quantitative estimate of drug-likeness (QED) is 0.834. The van der Waals surface area contributed by atoms with Crippen molar-refractivity contribution in [2.45, 2.75) is 65.0 Å². The van der Waals surface area contributed by atoms with Gasteiger partial charge in [0.1, 0.15) is 5.82 Å². The van der Waals surface area contributed by atoms with Crippen LogP contribution in [0.3, 0.4) is 0 Å². The highest BCUT2D eigenvalue weighted by atomic mass is 15.2. The van der Waals surface area contributed by atoms with Crippen LogP contribution >= 0.6 is 0 Å². The van der Waals surface area contributed by atoms with E-state index in [4.69, 9.17) is 4.98 Å². The first-order valence-corrected chi connectivity index (χ1v) is 8.05. The molecule has 1 fully saturated rings. The highest BCUT2D eigenvalue weighted by molar-refractivity contribution is 5.09. The van der Waals surface area contributed by atoms with Crippen LogP contribution in [0.4, 0.5) is 0 Å². The van der Waals surface area contributed by atoms with Crippen LogP contribution in [0, 0.1) is 5.92 Å². The fourth-order valence-corrected chi connectivity index (χ4v) is 3.69. The number of imidazole rings is 1. The van der Waals surface area contributed by atoms with Crippen LogP contribution in [0.5, 0.6) is 0 Å². The maximum absolute atomic E-state index is 4.90. The van der Waals surface area contributed by atoms with E-state index in [2.05, 4.69) is 29.5 Å². The highest BCUT2D eigenvalue weighted by Gasteiger charge is 2.23. The van der Waals surface area contributed by atoms with E-state index in [1.165, 1.54) is 63.3 Å². The van der Waals surface area contributed by atoms with Crippen LogP contribution in [0.25, 0.3) is 0 Å². The molecule has 0 saturated carbocycles. The van der Waals surface area contributed by atoms with Gasteiger partial charge in [-0.25, -0.2) is 4.98 Å². The van der Waals surface area contributed by atoms with Crippen LogP contribution < -0.4 is 0 Å². The second-order valence-corrected chi connectivity index (χ2v) is 6.42. The lowest BCUT2D eigenvalue weighted by Gasteiger charge is -2.34. The minimum absolute atomic E-state index is 0.730. The summed E-state index contributed by atoms with van der Waals surface area (Å²) in [6, 6.07) is 0.730. The molecule has 1 aromatic heterocycles. The molecule has 2 aliphatic rings. The fraction of sp³-hybridized carbons (Fsp3) is 0.812. The Hall–Kier alpha value is -0.830. The average molecular weight is 261 g/mol. The van der Waals surface area contributed by atoms with E-state index in [1.54, 1.807) is 0 Å². The Morgan fingerprint density at radius 3 is 3.00 bits per heavy atom. The van der Waals surface area contributed by atoms with Crippen LogP contribution in [0.2, 0.25) is 0 Å². The average Bonchev–Trinajstić information content (AvgIpc) is 2.80. The van der Waals surface area contributed by atoms with Crippen LogP contribution in [-0.2, 0) is 19.4 Å². The van der Waals surface area contributed by atoms with Crippen molar-refractivity contribution in [3.8, 4) is 0 Å². The highest BCUT2D eigenvalue weighted by Crippen LogP contribution is 2.23. The number of likely N-dealkylation sites (N-methyl/N-ethyl adjacent to an activating group) is 1. The predicted molar refractivity (Wildman–Crippen MR) is 78.3 cm³/mol. The Balaban J connectivity index is 1.69. The molecule has 0 spiro atoms. The van der Waals surface area contributed by atoms with Gasteiger partial charge < -0.3 is 9.47 Å². The molecular weight excluding hydrogens is 234 g/mol. The first kappa shape index (κ1) is 13.2. The molecule has 0 N–H and O–H groups in total. The lowest BCUT2D eigenvalue weighted by molar-refractivity contribution is 0.154. The second kappa shape index (κ2) is 5.66. The second-order valence-electron chi connectivity index (χ2n) is 6.42. The molecule has 2 atom stereocenters. The van der Waals surface area contributed by atoms with Gasteiger partial charge in [-0.2, -0.15) is 0 Å². The molecule has 3 heterocycles. The lowest BCUT2D eigenvalue weighted by Crippen LogP contribution is -2.40. The molecule has 1 saturated heterocycles. The number of piperidine rings is 1. The summed E-state index contributed by atoms with van der Waals surface area (Å²) in [4.78, 5) is 7.54. The summed E-state index contributed by atoms with van der Waals surface area (Å²) < 4.78 is 2.40. The number of likely N-dealkylation sites (tertiary alicyclic amines) is 1. The fourth-order valence-electron chi connectivity index (χ4n) is 3.69. The summed E-state index contributed by atoms with van der Waals surface area (Å²) in [6.45, 7) is 8.28. The van der Waals surface area contributed by atoms with Gasteiger partial charge in [-0.15, -0.1) is 0 Å². The minimum Gasteiger partial charge on any atom is -0.335 e. The lowest BCUT2D eigenvalue weighted by atomic mass is 9.98. The van der Waals surface area contributed by atoms with E-state index >= 15 is 0 Å². The van der Waals surface area contributed by atoms with Gasteiger partial charge in [-0.05, 0) is 38.3 Å². The van der Waals surface area contributed by atoms with E-state index in [1.807, 2.05) is 0 Å². The zero-order valence-electron chi connectivity index (χ0n) is 12.4. The molecule has 3 heteroatoms. The Kier molecular flexibility index (Phi) is 3.92. The monoisotopic (exact) mass is 261 g/mol. The van der Waals surface area contributed by atoms with Crippen molar-refractivity contribution >= 4 is 0 Å². The molecule has 0 radical (unpaired) electrons. The van der Waals surface area contributed by atoms with Crippen LogP contribution in [-0.4, -0.2) is 33.6 Å². The molecule has 0 bridgehead atoms. The third kappa shape index (κ3) is 2.86. The number of hydrogen-bond donors (Lipinski definition) is 0. The SMILES string of the molecule is CCN1CCCCC1Cc1cn2c(n1)CC(C)CC2. The molecule has 19 heavy (non-hydrogen) atoms. The van der Waals surface area contributed by atoms with Gasteiger partial charge in [-0.3, -0.25) is 0 Å². The molecule has 2 unspecified atom stereocenters. The third-order valence-corrected chi connectivity index (χ3v) is 4.90. The summed E-state index contributed by atoms with van der Waals surface area (Å²) >= 11 is 0. The Morgan fingerprint density at radius 2 is 2.16 bits per heavy atom. The molecule has 106 valence electrons. The number of hydrogen-bond acceptors (Lipinski definition) is 2. The molecule has 0 amide bonds. The van der Waals surface area contributed by atoms with Gasteiger partial charge in [0.05, 0.1) is 5.69 Å². The summed E-state index contributed by atoms with van der Waals surface area (Å²) in [5.74, 6) is 2.14. The van der Waals surface area contributed by atoms with Gasteiger partial charge in [0.2, 0.25) is 0 Å². The summed E-state index contributed by atoms with van der Waals surface area (Å²) in [5, 5.41) is 0. The third-order valence-electron chi connectivity index (χ3n) is 4.90. The van der Waals surface area contributed by atoms with E-state index in [9.17, 15) is 0 Å². The van der Waals surface area contributed by atoms with Crippen molar-refractivity contribution in [1.82, 2.24) is 14.5 Å². The van der Waals surface area contributed by atoms with Gasteiger partial charge in [0.25, 0.3) is 0 Å². The van der Waals surface area contributed by atoms with Gasteiger partial charge >= 0.3 is 0 Å². The molecule has 3 rings (SSSR count). The van der Waals surface area contributed by atoms with Crippen molar-refractivity contribution < 1.29 is 0 Å². The first-order chi connectivity index (χ1) is 9.26. The molecule has 3 nitrogen and oxygen atoms in total. The van der Waals surface area contributed by atoms with Crippen molar-refractivity contribution in [1.29, 1.82) is 0 Å². The minimum atomic E-state index is 0.730. The van der Waals surface area contributed by atoms with Gasteiger partial charge in [-0.1, -0.05) is 20.3 Å². The maximum Gasteiger partial charge on any atom is 0.109 e. The molecule has 0 aromatic carbocycles. The van der Waals surface area contributed by atoms with Crippen LogP contribution in [0.1, 0.15) is 51.0 Å². The van der Waals surface area contributed by atoms with Crippen LogP contribution in [0.15, 0.2) is 6.20 Å².